The van der Waals surface area contributed by atoms with Gasteiger partial charge in [0.15, 0.2) is 0 Å². The summed E-state index contributed by atoms with van der Waals surface area (Å²) < 4.78 is 0. The minimum atomic E-state index is 0.0712. The highest BCUT2D eigenvalue weighted by Gasteiger charge is 2.24. The van der Waals surface area contributed by atoms with Crippen molar-refractivity contribution in [3.05, 3.63) is 0 Å². The quantitative estimate of drug-likeness (QED) is 0.648. The van der Waals surface area contributed by atoms with Crippen molar-refractivity contribution in [2.24, 2.45) is 0 Å². The van der Waals surface area contributed by atoms with E-state index in [4.69, 9.17) is 0 Å². The van der Waals surface area contributed by atoms with Crippen molar-refractivity contribution in [2.75, 3.05) is 40.8 Å². The molecule has 13 heavy (non-hydrogen) atoms. The van der Waals surface area contributed by atoms with E-state index in [1.54, 1.807) is 0 Å². The first-order chi connectivity index (χ1) is 5.73. The van der Waals surface area contributed by atoms with Gasteiger partial charge in [-0.05, 0) is 33.3 Å². The van der Waals surface area contributed by atoms with Crippen molar-refractivity contribution >= 4 is 7.92 Å². The molecule has 0 aliphatic rings. The maximum atomic E-state index is 2.35. The van der Waals surface area contributed by atoms with E-state index in [-0.39, 0.29) is 7.92 Å². The molecule has 0 aromatic heterocycles. The average molecular weight is 204 g/mol. The van der Waals surface area contributed by atoms with Crippen molar-refractivity contribution in [1.82, 2.24) is 9.80 Å². The highest BCUT2D eigenvalue weighted by molar-refractivity contribution is 7.59. The second kappa shape index (κ2) is 5.29. The van der Waals surface area contributed by atoms with Gasteiger partial charge in [-0.3, -0.25) is 0 Å². The van der Waals surface area contributed by atoms with Gasteiger partial charge in [-0.25, -0.2) is 0 Å². The zero-order chi connectivity index (χ0) is 10.6. The molecule has 0 aliphatic heterocycles. The molecular weight excluding hydrogens is 179 g/mol. The summed E-state index contributed by atoms with van der Waals surface area (Å²) >= 11 is 0. The molecule has 0 heterocycles. The van der Waals surface area contributed by atoms with E-state index in [0.717, 1.165) is 0 Å². The zero-order valence-electron chi connectivity index (χ0n) is 10.3. The summed E-state index contributed by atoms with van der Waals surface area (Å²) in [4.78, 5) is 4.61. The van der Waals surface area contributed by atoms with Crippen LogP contribution in [-0.2, 0) is 0 Å². The molecule has 0 radical (unpaired) electrons. The molecule has 0 saturated carbocycles. The van der Waals surface area contributed by atoms with Crippen LogP contribution in [0.15, 0.2) is 0 Å². The van der Waals surface area contributed by atoms with E-state index >= 15 is 0 Å². The van der Waals surface area contributed by atoms with E-state index < -0.39 is 0 Å². The van der Waals surface area contributed by atoms with Crippen LogP contribution in [0.3, 0.4) is 0 Å². The number of rotatable bonds is 4. The van der Waals surface area contributed by atoms with Gasteiger partial charge in [-0.1, -0.05) is 28.7 Å². The van der Waals surface area contributed by atoms with Crippen LogP contribution in [-0.4, -0.2) is 55.7 Å². The number of nitrogens with zero attached hydrogens (tertiary/aromatic N) is 2. The van der Waals surface area contributed by atoms with E-state index in [9.17, 15) is 0 Å². The maximum absolute atomic E-state index is 2.35. The van der Waals surface area contributed by atoms with Crippen LogP contribution in [0.5, 0.6) is 0 Å². The van der Waals surface area contributed by atoms with Gasteiger partial charge in [0, 0.05) is 12.6 Å². The lowest BCUT2D eigenvalue weighted by Crippen LogP contribution is -2.27. The van der Waals surface area contributed by atoms with Gasteiger partial charge in [-0.15, -0.1) is 0 Å². The van der Waals surface area contributed by atoms with Crippen molar-refractivity contribution < 1.29 is 0 Å². The molecule has 2 nitrogen and oxygen atoms in total. The molecule has 0 bridgehead atoms. The van der Waals surface area contributed by atoms with Crippen molar-refractivity contribution in [3.8, 4) is 0 Å². The Bertz CT molecular complexity index is 128. The SMILES string of the molecule is CN(C)CP(CN(C)C)C(C)(C)C. The largest absolute Gasteiger partial charge is 0.305 e. The lowest BCUT2D eigenvalue weighted by Gasteiger charge is -2.35. The molecule has 80 valence electrons. The fraction of sp³-hybridized carbons (Fsp3) is 1.00. The number of hydrogen-bond donors (Lipinski definition) is 0. The Balaban J connectivity index is 4.20. The third-order valence-electron chi connectivity index (χ3n) is 1.86. The van der Waals surface area contributed by atoms with Gasteiger partial charge in [0.1, 0.15) is 0 Å². The first-order valence-electron chi connectivity index (χ1n) is 4.78. The highest BCUT2D eigenvalue weighted by atomic mass is 31.1. The van der Waals surface area contributed by atoms with Crippen LogP contribution in [0.1, 0.15) is 20.8 Å². The monoisotopic (exact) mass is 204 g/mol. The van der Waals surface area contributed by atoms with E-state index in [0.29, 0.717) is 5.16 Å². The first-order valence-corrected chi connectivity index (χ1v) is 6.49. The van der Waals surface area contributed by atoms with Crippen LogP contribution >= 0.6 is 7.92 Å². The maximum Gasteiger partial charge on any atom is 0.0194 e. The van der Waals surface area contributed by atoms with Crippen LogP contribution in [0.25, 0.3) is 0 Å². The van der Waals surface area contributed by atoms with Gasteiger partial charge in [0.05, 0.1) is 0 Å². The van der Waals surface area contributed by atoms with Gasteiger partial charge >= 0.3 is 0 Å². The van der Waals surface area contributed by atoms with Gasteiger partial charge < -0.3 is 9.80 Å². The molecule has 0 aliphatic carbocycles. The molecule has 0 amide bonds. The zero-order valence-corrected chi connectivity index (χ0v) is 11.2. The molecule has 0 aromatic rings. The van der Waals surface area contributed by atoms with Crippen LogP contribution < -0.4 is 0 Å². The molecule has 0 spiro atoms. The smallest absolute Gasteiger partial charge is 0.0194 e. The molecule has 0 rings (SSSR count). The van der Waals surface area contributed by atoms with Crippen molar-refractivity contribution in [2.45, 2.75) is 25.9 Å². The summed E-state index contributed by atoms with van der Waals surface area (Å²) in [5, 5.41) is 0.462. The molecule has 0 unspecified atom stereocenters. The molecular formula is C10H25N2P. The van der Waals surface area contributed by atoms with Crippen LogP contribution in [0.4, 0.5) is 0 Å². The Hall–Kier alpha value is 0.350. The molecule has 0 saturated heterocycles. The average Bonchev–Trinajstić information content (AvgIpc) is 1.81. The lowest BCUT2D eigenvalue weighted by molar-refractivity contribution is 0.451. The summed E-state index contributed by atoms with van der Waals surface area (Å²) in [7, 11) is 8.72. The Kier molecular flexibility index (Phi) is 5.43. The standard InChI is InChI=1S/C10H25N2P/c1-10(2,3)13(8-11(4)5)9-12(6)7/h8-9H2,1-7H3. The summed E-state index contributed by atoms with van der Waals surface area (Å²) in [6, 6.07) is 0. The minimum Gasteiger partial charge on any atom is -0.305 e. The third-order valence-corrected chi connectivity index (χ3v) is 5.57. The first kappa shape index (κ1) is 13.4. The Morgan fingerprint density at radius 2 is 1.15 bits per heavy atom. The molecule has 0 fully saturated rings. The molecule has 0 aromatic carbocycles. The number of hydrogen-bond acceptors (Lipinski definition) is 2. The van der Waals surface area contributed by atoms with Gasteiger partial charge in [-0.2, -0.15) is 0 Å². The van der Waals surface area contributed by atoms with Crippen molar-refractivity contribution in [1.29, 1.82) is 0 Å². The summed E-state index contributed by atoms with van der Waals surface area (Å²) in [6.45, 7) is 7.06. The highest BCUT2D eigenvalue weighted by Crippen LogP contribution is 2.49. The van der Waals surface area contributed by atoms with Gasteiger partial charge in [0.2, 0.25) is 0 Å². The van der Waals surface area contributed by atoms with Crippen LogP contribution in [0.2, 0.25) is 0 Å². The normalized spacial score (nSPS) is 13.4. The van der Waals surface area contributed by atoms with Crippen LogP contribution in [0, 0.1) is 0 Å². The van der Waals surface area contributed by atoms with E-state index in [2.05, 4.69) is 58.8 Å². The lowest BCUT2D eigenvalue weighted by atomic mass is 10.3. The van der Waals surface area contributed by atoms with E-state index in [1.165, 1.54) is 12.6 Å². The molecule has 0 atom stereocenters. The fourth-order valence-corrected chi connectivity index (χ4v) is 3.46. The third kappa shape index (κ3) is 6.42. The Morgan fingerprint density at radius 3 is 1.31 bits per heavy atom. The second-order valence-electron chi connectivity index (χ2n) is 5.15. The Labute approximate surface area is 85.0 Å². The topological polar surface area (TPSA) is 6.48 Å². The predicted octanol–water partition coefficient (Wildman–Crippen LogP) is 2.30. The summed E-state index contributed by atoms with van der Waals surface area (Å²) in [5.41, 5.74) is 0. The van der Waals surface area contributed by atoms with Crippen molar-refractivity contribution in [3.63, 3.8) is 0 Å². The molecule has 0 N–H and O–H groups in total. The van der Waals surface area contributed by atoms with Gasteiger partial charge in [0.25, 0.3) is 0 Å². The Morgan fingerprint density at radius 1 is 0.846 bits per heavy atom. The predicted molar refractivity (Wildman–Crippen MR) is 63.8 cm³/mol. The summed E-state index contributed by atoms with van der Waals surface area (Å²) in [5.74, 6) is 0. The van der Waals surface area contributed by atoms with E-state index in [1.807, 2.05) is 0 Å². The fourth-order valence-electron chi connectivity index (χ4n) is 1.15. The second-order valence-corrected chi connectivity index (χ2v) is 8.14. The minimum absolute atomic E-state index is 0.0712. The molecule has 3 heteroatoms. The summed E-state index contributed by atoms with van der Waals surface area (Å²) in [6.07, 6.45) is 2.47.